The van der Waals surface area contributed by atoms with Crippen molar-refractivity contribution in [2.24, 2.45) is 0 Å². The molecule has 0 radical (unpaired) electrons. The number of rotatable bonds is 3. The van der Waals surface area contributed by atoms with Crippen molar-refractivity contribution in [1.82, 2.24) is 10.3 Å². The molecule has 78 valence electrons. The van der Waals surface area contributed by atoms with Gasteiger partial charge in [-0.1, -0.05) is 10.3 Å². The third-order valence-corrected chi connectivity index (χ3v) is 1.99. The van der Waals surface area contributed by atoms with Gasteiger partial charge in [0.1, 0.15) is 23.3 Å². The third-order valence-electron chi connectivity index (χ3n) is 1.99. The minimum absolute atomic E-state index is 0.0954. The van der Waals surface area contributed by atoms with Gasteiger partial charge in [0.25, 0.3) is 0 Å². The molecule has 6 heteroatoms. The number of carboxylic acids is 1. The summed E-state index contributed by atoms with van der Waals surface area (Å²) in [7, 11) is 0. The Kier molecular flexibility index (Phi) is 2.24. The van der Waals surface area contributed by atoms with Crippen LogP contribution in [0.5, 0.6) is 0 Å². The Morgan fingerprint density at radius 3 is 2.93 bits per heavy atom. The molecule has 1 N–H and O–H groups in total. The summed E-state index contributed by atoms with van der Waals surface area (Å²) in [6.45, 7) is 1.56. The third kappa shape index (κ3) is 1.74. The quantitative estimate of drug-likeness (QED) is 0.816. The summed E-state index contributed by atoms with van der Waals surface area (Å²) < 4.78 is 9.45. The number of carboxylic acid groups (broad SMARTS) is 1. The van der Waals surface area contributed by atoms with E-state index in [0.717, 1.165) is 0 Å². The smallest absolute Gasteiger partial charge is 0.341 e. The monoisotopic (exact) mass is 208 g/mol. The second-order valence-corrected chi connectivity index (χ2v) is 3.03. The van der Waals surface area contributed by atoms with Gasteiger partial charge in [-0.2, -0.15) is 0 Å². The Balaban J connectivity index is 2.33. The van der Waals surface area contributed by atoms with Gasteiger partial charge in [0.15, 0.2) is 0 Å². The fourth-order valence-electron chi connectivity index (χ4n) is 1.31. The van der Waals surface area contributed by atoms with Crippen LogP contribution in [0.4, 0.5) is 0 Å². The maximum absolute atomic E-state index is 10.9. The molecule has 0 atom stereocenters. The van der Waals surface area contributed by atoms with Crippen LogP contribution < -0.4 is 0 Å². The molecule has 6 nitrogen and oxygen atoms in total. The van der Waals surface area contributed by atoms with Crippen LogP contribution in [-0.2, 0) is 6.42 Å². The molecule has 0 fully saturated rings. The highest BCUT2D eigenvalue weighted by atomic mass is 16.5. The van der Waals surface area contributed by atoms with E-state index in [2.05, 4.69) is 14.8 Å². The van der Waals surface area contributed by atoms with Gasteiger partial charge < -0.3 is 14.2 Å². The van der Waals surface area contributed by atoms with E-state index >= 15 is 0 Å². The van der Waals surface area contributed by atoms with Crippen LogP contribution in [0.2, 0.25) is 0 Å². The first-order chi connectivity index (χ1) is 7.18. The largest absolute Gasteiger partial charge is 0.477 e. The number of nitrogens with zero attached hydrogens (tertiary/aromatic N) is 2. The maximum Gasteiger partial charge on any atom is 0.341 e. The summed E-state index contributed by atoms with van der Waals surface area (Å²) in [5, 5.41) is 16.3. The van der Waals surface area contributed by atoms with Gasteiger partial charge in [-0.15, -0.1) is 0 Å². The molecular formula is C9H8N2O4. The molecule has 15 heavy (non-hydrogen) atoms. The van der Waals surface area contributed by atoms with E-state index in [1.165, 1.54) is 6.26 Å². The normalized spacial score (nSPS) is 10.5. The van der Waals surface area contributed by atoms with Gasteiger partial charge in [-0.3, -0.25) is 0 Å². The van der Waals surface area contributed by atoms with Crippen molar-refractivity contribution in [1.29, 1.82) is 0 Å². The highest BCUT2D eigenvalue weighted by Crippen LogP contribution is 2.16. The number of aromatic carboxylic acids is 1. The lowest BCUT2D eigenvalue weighted by Gasteiger charge is -1.93. The van der Waals surface area contributed by atoms with Crippen LogP contribution in [0.1, 0.15) is 27.5 Å². The Labute approximate surface area is 84.5 Å². The minimum Gasteiger partial charge on any atom is -0.477 e. The van der Waals surface area contributed by atoms with Crippen LogP contribution in [0, 0.1) is 6.92 Å². The zero-order valence-electron chi connectivity index (χ0n) is 7.93. The van der Waals surface area contributed by atoms with Gasteiger partial charge in [-0.25, -0.2) is 4.79 Å². The SMILES string of the molecule is Cc1onc(Cc2ccon2)c1C(=O)O. The Bertz CT molecular complexity index is 472. The van der Waals surface area contributed by atoms with Crippen molar-refractivity contribution in [3.05, 3.63) is 35.0 Å². The lowest BCUT2D eigenvalue weighted by Crippen LogP contribution is -2.02. The van der Waals surface area contributed by atoms with Crippen molar-refractivity contribution in [3.63, 3.8) is 0 Å². The summed E-state index contributed by atoms with van der Waals surface area (Å²) in [5.74, 6) is -0.756. The lowest BCUT2D eigenvalue weighted by molar-refractivity contribution is 0.0694. The first-order valence-corrected chi connectivity index (χ1v) is 4.26. The van der Waals surface area contributed by atoms with Crippen LogP contribution in [0.3, 0.4) is 0 Å². The summed E-state index contributed by atoms with van der Waals surface area (Å²) >= 11 is 0. The average Bonchev–Trinajstić information content (AvgIpc) is 2.76. The fraction of sp³-hybridized carbons (Fsp3) is 0.222. The van der Waals surface area contributed by atoms with Crippen molar-refractivity contribution in [2.45, 2.75) is 13.3 Å². The second kappa shape index (κ2) is 3.56. The van der Waals surface area contributed by atoms with Gasteiger partial charge in [0.05, 0.1) is 5.69 Å². The average molecular weight is 208 g/mol. The molecule has 0 aliphatic carbocycles. The number of hydrogen-bond acceptors (Lipinski definition) is 5. The van der Waals surface area contributed by atoms with E-state index < -0.39 is 5.97 Å². The molecule has 2 aromatic heterocycles. The van der Waals surface area contributed by atoms with Crippen LogP contribution in [-0.4, -0.2) is 21.4 Å². The highest BCUT2D eigenvalue weighted by Gasteiger charge is 2.20. The number of hydrogen-bond donors (Lipinski definition) is 1. The van der Waals surface area contributed by atoms with Gasteiger partial charge in [0, 0.05) is 12.5 Å². The molecule has 0 aliphatic heterocycles. The molecule has 0 spiro atoms. The number of carbonyl (C=O) groups is 1. The summed E-state index contributed by atoms with van der Waals surface area (Å²) in [4.78, 5) is 10.9. The van der Waals surface area contributed by atoms with E-state index in [9.17, 15) is 4.79 Å². The lowest BCUT2D eigenvalue weighted by atomic mass is 10.1. The predicted molar refractivity (Wildman–Crippen MR) is 47.5 cm³/mol. The number of aromatic nitrogens is 2. The molecular weight excluding hydrogens is 200 g/mol. The molecule has 2 rings (SSSR count). The first kappa shape index (κ1) is 9.45. The van der Waals surface area contributed by atoms with Crippen molar-refractivity contribution in [3.8, 4) is 0 Å². The Hall–Kier alpha value is -2.11. The van der Waals surface area contributed by atoms with Gasteiger partial charge in [-0.05, 0) is 6.92 Å². The summed E-state index contributed by atoms with van der Waals surface area (Å²) in [5.41, 5.74) is 1.07. The topological polar surface area (TPSA) is 89.4 Å². The Morgan fingerprint density at radius 2 is 2.33 bits per heavy atom. The predicted octanol–water partition coefficient (Wildman–Crippen LogP) is 1.26. The maximum atomic E-state index is 10.9. The highest BCUT2D eigenvalue weighted by molar-refractivity contribution is 5.89. The summed E-state index contributed by atoms with van der Waals surface area (Å²) in [6, 6.07) is 1.65. The van der Waals surface area contributed by atoms with E-state index in [1.807, 2.05) is 0 Å². The van der Waals surface area contributed by atoms with Crippen LogP contribution in [0.15, 0.2) is 21.4 Å². The molecule has 0 saturated carbocycles. The molecule has 0 amide bonds. The zero-order chi connectivity index (χ0) is 10.8. The molecule has 0 aliphatic rings. The molecule has 0 aromatic carbocycles. The number of aryl methyl sites for hydroxylation is 1. The van der Waals surface area contributed by atoms with E-state index in [1.54, 1.807) is 13.0 Å². The fourth-order valence-corrected chi connectivity index (χ4v) is 1.31. The molecule has 2 aromatic rings. The van der Waals surface area contributed by atoms with Crippen molar-refractivity contribution < 1.29 is 18.9 Å². The molecule has 0 saturated heterocycles. The van der Waals surface area contributed by atoms with Gasteiger partial charge in [0.2, 0.25) is 0 Å². The van der Waals surface area contributed by atoms with Crippen molar-refractivity contribution in [2.75, 3.05) is 0 Å². The summed E-state index contributed by atoms with van der Waals surface area (Å²) in [6.07, 6.45) is 1.71. The minimum atomic E-state index is -1.05. The van der Waals surface area contributed by atoms with Crippen molar-refractivity contribution >= 4 is 5.97 Å². The van der Waals surface area contributed by atoms with E-state index in [4.69, 9.17) is 9.63 Å². The molecule has 0 bridgehead atoms. The van der Waals surface area contributed by atoms with E-state index in [0.29, 0.717) is 17.1 Å². The van der Waals surface area contributed by atoms with Crippen LogP contribution in [0.25, 0.3) is 0 Å². The Morgan fingerprint density at radius 1 is 1.53 bits per heavy atom. The van der Waals surface area contributed by atoms with Gasteiger partial charge >= 0.3 is 5.97 Å². The second-order valence-electron chi connectivity index (χ2n) is 3.03. The van der Waals surface area contributed by atoms with E-state index in [-0.39, 0.29) is 12.0 Å². The first-order valence-electron chi connectivity index (χ1n) is 4.26. The standard InChI is InChI=1S/C9H8N2O4/c1-5-8(9(12)13)7(11-15-5)4-6-2-3-14-10-6/h2-3H,4H2,1H3,(H,12,13). The van der Waals surface area contributed by atoms with Crippen LogP contribution >= 0.6 is 0 Å². The zero-order valence-corrected chi connectivity index (χ0v) is 7.93. The molecule has 2 heterocycles. The molecule has 0 unspecified atom stereocenters.